The van der Waals surface area contributed by atoms with Crippen LogP contribution >= 0.6 is 27.5 Å². The number of aromatic nitrogens is 1. The monoisotopic (exact) mass is 336 g/mol. The van der Waals surface area contributed by atoms with Crippen molar-refractivity contribution in [2.75, 3.05) is 5.73 Å². The summed E-state index contributed by atoms with van der Waals surface area (Å²) >= 11 is 9.39. The molecule has 2 aromatic carbocycles. The van der Waals surface area contributed by atoms with Crippen LogP contribution < -0.4 is 5.73 Å². The van der Waals surface area contributed by atoms with Crippen LogP contribution in [0.15, 0.2) is 39.2 Å². The van der Waals surface area contributed by atoms with E-state index in [1.165, 1.54) is 0 Å². The lowest BCUT2D eigenvalue weighted by Gasteiger charge is -2.01. The first kappa shape index (κ1) is 12.5. The lowest BCUT2D eigenvalue weighted by molar-refractivity contribution is 0.617. The molecule has 0 unspecified atom stereocenters. The van der Waals surface area contributed by atoms with E-state index in [1.54, 1.807) is 6.07 Å². The molecule has 0 fully saturated rings. The Labute approximate surface area is 123 Å². The van der Waals surface area contributed by atoms with Crippen LogP contribution in [0.2, 0.25) is 5.02 Å². The number of oxazole rings is 1. The molecule has 0 amide bonds. The summed E-state index contributed by atoms with van der Waals surface area (Å²) in [6, 6.07) is 9.24. The zero-order valence-electron chi connectivity index (χ0n) is 10.1. The highest BCUT2D eigenvalue weighted by Gasteiger charge is 2.13. The minimum Gasteiger partial charge on any atom is -0.436 e. The fourth-order valence-corrected chi connectivity index (χ4v) is 2.65. The Morgan fingerprint density at radius 2 is 2.05 bits per heavy atom. The summed E-state index contributed by atoms with van der Waals surface area (Å²) in [5, 5.41) is 0.647. The predicted octanol–water partition coefficient (Wildman–Crippen LogP) is 4.80. The molecule has 0 aliphatic rings. The molecule has 0 saturated carbocycles. The summed E-state index contributed by atoms with van der Waals surface area (Å²) in [4.78, 5) is 4.45. The van der Waals surface area contributed by atoms with Gasteiger partial charge in [-0.05, 0) is 42.8 Å². The van der Waals surface area contributed by atoms with Crippen molar-refractivity contribution in [3.63, 3.8) is 0 Å². The highest BCUT2D eigenvalue weighted by atomic mass is 79.9. The maximum atomic E-state index is 6.02. The fraction of sp³-hybridized carbons (Fsp3) is 0.0714. The van der Waals surface area contributed by atoms with Crippen molar-refractivity contribution in [3.05, 3.63) is 45.4 Å². The number of aryl methyl sites for hydroxylation is 1. The highest BCUT2D eigenvalue weighted by molar-refractivity contribution is 9.10. The fourth-order valence-electron chi connectivity index (χ4n) is 2.00. The number of nitrogens with two attached hydrogens (primary N) is 1. The summed E-state index contributed by atoms with van der Waals surface area (Å²) in [7, 11) is 0. The van der Waals surface area contributed by atoms with Gasteiger partial charge in [-0.15, -0.1) is 0 Å². The Kier molecular flexibility index (Phi) is 2.99. The number of nitrogens with zero attached hydrogens (tertiary/aromatic N) is 1. The third kappa shape index (κ3) is 2.22. The molecular weight excluding hydrogens is 328 g/mol. The maximum absolute atomic E-state index is 6.02. The Morgan fingerprint density at radius 1 is 1.26 bits per heavy atom. The summed E-state index contributed by atoms with van der Waals surface area (Å²) in [6.45, 7) is 1.94. The first-order valence-corrected chi connectivity index (χ1v) is 6.84. The van der Waals surface area contributed by atoms with E-state index in [4.69, 9.17) is 21.8 Å². The van der Waals surface area contributed by atoms with Crippen molar-refractivity contribution in [1.29, 1.82) is 0 Å². The number of fused-ring (bicyclic) bond motifs is 1. The van der Waals surface area contributed by atoms with Gasteiger partial charge >= 0.3 is 0 Å². The molecule has 0 aliphatic heterocycles. The van der Waals surface area contributed by atoms with Gasteiger partial charge in [-0.2, -0.15) is 0 Å². The van der Waals surface area contributed by atoms with E-state index in [-0.39, 0.29) is 0 Å². The lowest BCUT2D eigenvalue weighted by Crippen LogP contribution is -1.89. The van der Waals surface area contributed by atoms with Crippen LogP contribution in [0.3, 0.4) is 0 Å². The number of hydrogen-bond acceptors (Lipinski definition) is 3. The Hall–Kier alpha value is -1.52. The van der Waals surface area contributed by atoms with Crippen molar-refractivity contribution < 1.29 is 4.42 Å². The van der Waals surface area contributed by atoms with E-state index in [9.17, 15) is 0 Å². The molecule has 0 aliphatic carbocycles. The van der Waals surface area contributed by atoms with E-state index in [2.05, 4.69) is 20.9 Å². The van der Waals surface area contributed by atoms with Gasteiger partial charge in [0.15, 0.2) is 5.58 Å². The van der Waals surface area contributed by atoms with Gasteiger partial charge in [0.25, 0.3) is 0 Å². The number of nitrogen functional groups attached to an aromatic ring is 1. The molecule has 5 heteroatoms. The van der Waals surface area contributed by atoms with Gasteiger partial charge in [-0.25, -0.2) is 4.98 Å². The molecular formula is C14H10BrClN2O. The normalized spacial score (nSPS) is 11.1. The van der Waals surface area contributed by atoms with Crippen LogP contribution in [-0.2, 0) is 0 Å². The van der Waals surface area contributed by atoms with Gasteiger partial charge in [-0.3, -0.25) is 0 Å². The molecule has 3 aromatic rings. The molecule has 0 bridgehead atoms. The molecule has 0 radical (unpaired) electrons. The third-order valence-electron chi connectivity index (χ3n) is 2.88. The molecule has 1 heterocycles. The van der Waals surface area contributed by atoms with Gasteiger partial charge in [0, 0.05) is 15.2 Å². The first-order chi connectivity index (χ1) is 9.04. The molecule has 3 nitrogen and oxygen atoms in total. The quantitative estimate of drug-likeness (QED) is 0.649. The topological polar surface area (TPSA) is 52.0 Å². The van der Waals surface area contributed by atoms with E-state index >= 15 is 0 Å². The van der Waals surface area contributed by atoms with Crippen molar-refractivity contribution in [1.82, 2.24) is 4.98 Å². The maximum Gasteiger partial charge on any atom is 0.229 e. The van der Waals surface area contributed by atoms with E-state index in [0.717, 1.165) is 26.7 Å². The van der Waals surface area contributed by atoms with Gasteiger partial charge in [0.05, 0.1) is 5.56 Å². The molecule has 0 saturated heterocycles. The number of anilines is 1. The molecule has 1 aromatic heterocycles. The summed E-state index contributed by atoms with van der Waals surface area (Å²) in [5.41, 5.74) is 9.81. The molecule has 19 heavy (non-hydrogen) atoms. The highest BCUT2D eigenvalue weighted by Crippen LogP contribution is 2.32. The average Bonchev–Trinajstić information content (AvgIpc) is 2.72. The largest absolute Gasteiger partial charge is 0.436 e. The summed E-state index contributed by atoms with van der Waals surface area (Å²) in [5.74, 6) is 0.505. The minimum atomic E-state index is 0.505. The average molecular weight is 338 g/mol. The number of halogens is 2. The van der Waals surface area contributed by atoms with Crippen molar-refractivity contribution in [2.24, 2.45) is 0 Å². The molecule has 0 atom stereocenters. The zero-order chi connectivity index (χ0) is 13.6. The van der Waals surface area contributed by atoms with Gasteiger partial charge in [0.1, 0.15) is 5.52 Å². The summed E-state index contributed by atoms with van der Waals surface area (Å²) < 4.78 is 6.72. The third-order valence-corrected chi connectivity index (χ3v) is 3.60. The van der Waals surface area contributed by atoms with Crippen LogP contribution in [0.5, 0.6) is 0 Å². The smallest absolute Gasteiger partial charge is 0.229 e. The second kappa shape index (κ2) is 4.54. The molecule has 96 valence electrons. The SMILES string of the molecule is Cc1cc(Cl)cc2nc(-c3ccc(Br)cc3N)oc12. The van der Waals surface area contributed by atoms with Gasteiger partial charge in [0.2, 0.25) is 5.89 Å². The molecule has 2 N–H and O–H groups in total. The predicted molar refractivity (Wildman–Crippen MR) is 81.3 cm³/mol. The molecule has 0 spiro atoms. The Balaban J connectivity index is 2.23. The zero-order valence-corrected chi connectivity index (χ0v) is 12.4. The lowest BCUT2D eigenvalue weighted by atomic mass is 10.2. The van der Waals surface area contributed by atoms with E-state index in [0.29, 0.717) is 16.6 Å². The second-order valence-electron chi connectivity index (χ2n) is 4.32. The Morgan fingerprint density at radius 3 is 2.79 bits per heavy atom. The van der Waals surface area contributed by atoms with Gasteiger partial charge in [-0.1, -0.05) is 27.5 Å². The molecule has 3 rings (SSSR count). The van der Waals surface area contributed by atoms with Crippen LogP contribution in [-0.4, -0.2) is 4.98 Å². The van der Waals surface area contributed by atoms with Crippen LogP contribution in [0.25, 0.3) is 22.6 Å². The van der Waals surface area contributed by atoms with Crippen molar-refractivity contribution in [3.8, 4) is 11.5 Å². The minimum absolute atomic E-state index is 0.505. The van der Waals surface area contributed by atoms with Crippen LogP contribution in [0.1, 0.15) is 5.56 Å². The number of hydrogen-bond donors (Lipinski definition) is 1. The van der Waals surface area contributed by atoms with E-state index in [1.807, 2.05) is 31.2 Å². The van der Waals surface area contributed by atoms with Crippen molar-refractivity contribution >= 4 is 44.3 Å². The van der Waals surface area contributed by atoms with E-state index < -0.39 is 0 Å². The first-order valence-electron chi connectivity index (χ1n) is 5.66. The standard InChI is InChI=1S/C14H10BrClN2O/c1-7-4-9(16)6-12-13(7)19-14(18-12)10-3-2-8(15)5-11(10)17/h2-6H,17H2,1H3. The Bertz CT molecular complexity index is 782. The van der Waals surface area contributed by atoms with Crippen molar-refractivity contribution in [2.45, 2.75) is 6.92 Å². The van der Waals surface area contributed by atoms with Crippen LogP contribution in [0, 0.1) is 6.92 Å². The number of rotatable bonds is 1. The second-order valence-corrected chi connectivity index (χ2v) is 5.67. The summed E-state index contributed by atoms with van der Waals surface area (Å²) in [6.07, 6.45) is 0. The van der Waals surface area contributed by atoms with Gasteiger partial charge < -0.3 is 10.2 Å². The number of benzene rings is 2. The van der Waals surface area contributed by atoms with Crippen LogP contribution in [0.4, 0.5) is 5.69 Å².